The molecule has 0 aromatic heterocycles. The maximum atomic E-state index is 12.5. The maximum absolute atomic E-state index is 12.5. The van der Waals surface area contributed by atoms with E-state index in [4.69, 9.17) is 16.3 Å². The van der Waals surface area contributed by atoms with Crippen molar-refractivity contribution in [2.24, 2.45) is 10.9 Å². The van der Waals surface area contributed by atoms with Crippen molar-refractivity contribution in [3.05, 3.63) is 46.5 Å². The van der Waals surface area contributed by atoms with Gasteiger partial charge >= 0.3 is 5.97 Å². The van der Waals surface area contributed by atoms with Crippen molar-refractivity contribution >= 4 is 34.5 Å². The van der Waals surface area contributed by atoms with Crippen LogP contribution in [0.1, 0.15) is 25.5 Å². The number of hydrogen-bond donors (Lipinski definition) is 1. The lowest BCUT2D eigenvalue weighted by Gasteiger charge is -2.43. The highest BCUT2D eigenvalue weighted by atomic mass is 35.5. The Morgan fingerprint density at radius 1 is 1.48 bits per heavy atom. The zero-order chi connectivity index (χ0) is 16.6. The van der Waals surface area contributed by atoms with Crippen LogP contribution in [0.3, 0.4) is 0 Å². The lowest BCUT2D eigenvalue weighted by atomic mass is 9.83. The van der Waals surface area contributed by atoms with Gasteiger partial charge in [0.2, 0.25) is 0 Å². The van der Waals surface area contributed by atoms with Crippen LogP contribution < -0.4 is 0 Å². The molecular weight excluding hydrogens is 336 g/mol. The predicted octanol–water partition coefficient (Wildman–Crippen LogP) is 3.16. The van der Waals surface area contributed by atoms with E-state index in [-0.39, 0.29) is 6.61 Å². The number of carbonyl (C=O) groups excluding carboxylic acids is 1. The third-order valence-electron chi connectivity index (χ3n) is 3.89. The number of halogens is 1. The van der Waals surface area contributed by atoms with Gasteiger partial charge in [0.15, 0.2) is 10.9 Å². The largest absolute Gasteiger partial charge is 0.466 e. The van der Waals surface area contributed by atoms with E-state index < -0.39 is 23.7 Å². The third kappa shape index (κ3) is 2.98. The summed E-state index contributed by atoms with van der Waals surface area (Å²) < 4.78 is 5.19. The average molecular weight is 353 g/mol. The molecule has 0 bridgehead atoms. The maximum Gasteiger partial charge on any atom is 0.316 e. The van der Waals surface area contributed by atoms with Crippen LogP contribution in [0.4, 0.5) is 0 Å². The van der Waals surface area contributed by atoms with Gasteiger partial charge in [-0.2, -0.15) is 0 Å². The van der Waals surface area contributed by atoms with Crippen molar-refractivity contribution in [3.8, 4) is 0 Å². The predicted molar refractivity (Wildman–Crippen MR) is 90.9 cm³/mol. The Hall–Kier alpha value is -1.50. The Bertz CT molecular complexity index is 672. The van der Waals surface area contributed by atoms with Gasteiger partial charge in [0, 0.05) is 11.2 Å². The number of fused-ring (bicyclic) bond motifs is 1. The molecule has 1 N–H and O–H groups in total. The van der Waals surface area contributed by atoms with Gasteiger partial charge in [0.05, 0.1) is 12.6 Å². The molecule has 0 radical (unpaired) electrons. The van der Waals surface area contributed by atoms with Crippen molar-refractivity contribution in [1.29, 1.82) is 0 Å². The first kappa shape index (κ1) is 16.4. The van der Waals surface area contributed by atoms with Crippen molar-refractivity contribution in [3.63, 3.8) is 0 Å². The van der Waals surface area contributed by atoms with Gasteiger partial charge in [-0.25, -0.2) is 4.99 Å². The van der Waals surface area contributed by atoms with Gasteiger partial charge in [-0.1, -0.05) is 35.5 Å². The quantitative estimate of drug-likeness (QED) is 0.847. The molecule has 3 atom stereocenters. The fourth-order valence-electron chi connectivity index (χ4n) is 2.90. The Kier molecular flexibility index (Phi) is 4.40. The summed E-state index contributed by atoms with van der Waals surface area (Å²) >= 11 is 7.38. The molecule has 7 heteroatoms. The van der Waals surface area contributed by atoms with E-state index in [2.05, 4.69) is 4.99 Å². The number of nitrogens with zero attached hydrogens (tertiary/aromatic N) is 2. The molecule has 2 aliphatic heterocycles. The van der Waals surface area contributed by atoms with Crippen LogP contribution in [0.15, 0.2) is 40.9 Å². The normalized spacial score (nSPS) is 29.2. The van der Waals surface area contributed by atoms with Crippen molar-refractivity contribution < 1.29 is 14.6 Å². The second-order valence-electron chi connectivity index (χ2n) is 5.52. The first-order chi connectivity index (χ1) is 10.9. The van der Waals surface area contributed by atoms with Gasteiger partial charge < -0.3 is 14.7 Å². The summed E-state index contributed by atoms with van der Waals surface area (Å²) in [5, 5.41) is 13.9. The number of amidine groups is 1. The van der Waals surface area contributed by atoms with E-state index in [0.29, 0.717) is 10.2 Å². The molecule has 0 saturated heterocycles. The molecule has 0 amide bonds. The number of benzene rings is 1. The zero-order valence-electron chi connectivity index (χ0n) is 12.8. The van der Waals surface area contributed by atoms with Crippen LogP contribution in [0, 0.1) is 5.92 Å². The topological polar surface area (TPSA) is 62.1 Å². The highest BCUT2D eigenvalue weighted by Crippen LogP contribution is 2.45. The molecule has 0 aliphatic carbocycles. The van der Waals surface area contributed by atoms with Crippen molar-refractivity contribution in [2.45, 2.75) is 25.6 Å². The Morgan fingerprint density at radius 2 is 2.17 bits per heavy atom. The minimum absolute atomic E-state index is 0.250. The van der Waals surface area contributed by atoms with Crippen LogP contribution >= 0.6 is 23.4 Å². The Balaban J connectivity index is 2.09. The number of esters is 1. The van der Waals surface area contributed by atoms with Gasteiger partial charge in [-0.15, -0.1) is 0 Å². The van der Waals surface area contributed by atoms with Crippen LogP contribution in [0.5, 0.6) is 0 Å². The second-order valence-corrected chi connectivity index (χ2v) is 6.83. The number of hydrogen-bond acceptors (Lipinski definition) is 6. The second kappa shape index (κ2) is 6.19. The first-order valence-electron chi connectivity index (χ1n) is 7.30. The molecule has 3 rings (SSSR count). The summed E-state index contributed by atoms with van der Waals surface area (Å²) in [7, 11) is 0. The molecule has 3 unspecified atom stereocenters. The summed E-state index contributed by atoms with van der Waals surface area (Å²) in [5.41, 5.74) is -0.672. The molecular formula is C16H17ClN2O3S. The van der Waals surface area contributed by atoms with E-state index in [0.717, 1.165) is 5.56 Å². The number of carbonyl (C=O) groups is 1. The van der Waals surface area contributed by atoms with Crippen molar-refractivity contribution in [2.75, 3.05) is 6.61 Å². The number of aliphatic imine (C=N–C) groups is 1. The zero-order valence-corrected chi connectivity index (χ0v) is 14.3. The first-order valence-corrected chi connectivity index (χ1v) is 8.56. The smallest absolute Gasteiger partial charge is 0.316 e. The number of ether oxygens (including phenoxy) is 1. The van der Waals surface area contributed by atoms with E-state index in [1.165, 1.54) is 11.8 Å². The molecule has 23 heavy (non-hydrogen) atoms. The minimum Gasteiger partial charge on any atom is -0.466 e. The van der Waals surface area contributed by atoms with Crippen LogP contribution in [0.2, 0.25) is 5.02 Å². The summed E-state index contributed by atoms with van der Waals surface area (Å²) in [6.45, 7) is 3.54. The van der Waals surface area contributed by atoms with Gasteiger partial charge in [-0.3, -0.25) is 4.79 Å². The molecule has 2 aliphatic rings. The summed E-state index contributed by atoms with van der Waals surface area (Å²) in [5.74, 6) is -1.30. The van der Waals surface area contributed by atoms with Gasteiger partial charge in [0.25, 0.3) is 0 Å². The fraction of sp³-hybridized carbons (Fsp3) is 0.375. The molecule has 2 heterocycles. The van der Waals surface area contributed by atoms with Crippen LogP contribution in [-0.4, -0.2) is 33.5 Å². The van der Waals surface area contributed by atoms with E-state index in [1.807, 2.05) is 28.6 Å². The van der Waals surface area contributed by atoms with E-state index in [9.17, 15) is 9.90 Å². The molecule has 122 valence electrons. The number of thioether (sulfide) groups is 1. The number of aliphatic hydroxyl groups is 1. The average Bonchev–Trinajstić information content (AvgIpc) is 2.93. The van der Waals surface area contributed by atoms with Gasteiger partial charge in [-0.05, 0) is 37.0 Å². The molecule has 1 aromatic carbocycles. The summed E-state index contributed by atoms with van der Waals surface area (Å²) in [4.78, 5) is 18.7. The minimum atomic E-state index is -1.54. The Morgan fingerprint density at radius 3 is 2.83 bits per heavy atom. The van der Waals surface area contributed by atoms with Crippen molar-refractivity contribution in [1.82, 2.24) is 4.90 Å². The van der Waals surface area contributed by atoms with E-state index >= 15 is 0 Å². The number of rotatable bonds is 3. The summed E-state index contributed by atoms with van der Waals surface area (Å²) in [6, 6.07) is 6.85. The summed E-state index contributed by atoms with van der Waals surface area (Å²) in [6.07, 6.45) is 1.87. The lowest BCUT2D eigenvalue weighted by Crippen LogP contribution is -2.52. The van der Waals surface area contributed by atoms with Crippen LogP contribution in [0.25, 0.3) is 0 Å². The lowest BCUT2D eigenvalue weighted by molar-refractivity contribution is -0.161. The molecule has 0 spiro atoms. The third-order valence-corrected chi connectivity index (χ3v) is 4.92. The fourth-order valence-corrected chi connectivity index (χ4v) is 3.87. The molecule has 0 saturated carbocycles. The highest BCUT2D eigenvalue weighted by Gasteiger charge is 2.51. The molecule has 1 aromatic rings. The van der Waals surface area contributed by atoms with Crippen LogP contribution in [-0.2, 0) is 9.53 Å². The van der Waals surface area contributed by atoms with E-state index in [1.54, 1.807) is 26.0 Å². The Labute approximate surface area is 144 Å². The monoisotopic (exact) mass is 352 g/mol. The standard InChI is InChI=1S/C16H17ClN2O3S/c1-3-22-14(20)12-13(10-4-6-11(17)7-5-10)19-8-9-23-15(19)18-16(12,2)21/h4-9,12-13,21H,3H2,1-2H3. The SMILES string of the molecule is CCOC(=O)C1C(c2ccc(Cl)cc2)N2C=CSC2=NC1(C)O. The highest BCUT2D eigenvalue weighted by molar-refractivity contribution is 8.16. The molecule has 0 fully saturated rings. The molecule has 5 nitrogen and oxygen atoms in total. The van der Waals surface area contributed by atoms with Gasteiger partial charge in [0.1, 0.15) is 5.92 Å².